The Morgan fingerprint density at radius 2 is 1.51 bits per heavy atom. The Bertz CT molecular complexity index is 2970. The molecular formula is C54H59ClN8O10. The summed E-state index contributed by atoms with van der Waals surface area (Å²) in [6, 6.07) is 21.4. The molecule has 2 atom stereocenters. The van der Waals surface area contributed by atoms with E-state index >= 15 is 0 Å². The van der Waals surface area contributed by atoms with E-state index in [1.807, 2.05) is 31.3 Å². The first-order chi connectivity index (χ1) is 34.9. The first kappa shape index (κ1) is 51.8. The number of nitrogens with zero attached hydrogens (tertiary/aromatic N) is 4. The number of ether oxygens (including phenoxy) is 2. The highest BCUT2D eigenvalue weighted by Crippen LogP contribution is 2.46. The zero-order valence-corrected chi connectivity index (χ0v) is 42.0. The number of anilines is 3. The van der Waals surface area contributed by atoms with E-state index < -0.39 is 41.4 Å². The summed E-state index contributed by atoms with van der Waals surface area (Å²) in [5, 5.41) is 10.7. The van der Waals surface area contributed by atoms with Crippen molar-refractivity contribution in [3.8, 4) is 5.75 Å². The maximum atomic E-state index is 14.4. The fourth-order valence-corrected chi connectivity index (χ4v) is 9.40. The van der Waals surface area contributed by atoms with E-state index in [9.17, 15) is 38.4 Å². The summed E-state index contributed by atoms with van der Waals surface area (Å²) < 4.78 is 11.5. The van der Waals surface area contributed by atoms with Crippen molar-refractivity contribution in [1.82, 2.24) is 25.0 Å². The fourth-order valence-electron chi connectivity index (χ4n) is 9.15. The van der Waals surface area contributed by atoms with Gasteiger partial charge in [0.2, 0.25) is 11.8 Å². The molecule has 5 aromatic rings. The van der Waals surface area contributed by atoms with E-state index in [4.69, 9.17) is 21.1 Å². The number of carbonyl (C=O) groups is 8. The van der Waals surface area contributed by atoms with Crippen molar-refractivity contribution in [1.29, 1.82) is 0 Å². The highest BCUT2D eigenvalue weighted by atomic mass is 35.5. The normalized spacial score (nSPS) is 16.2. The van der Waals surface area contributed by atoms with Gasteiger partial charge in [-0.2, -0.15) is 0 Å². The van der Waals surface area contributed by atoms with E-state index in [2.05, 4.69) is 25.8 Å². The predicted molar refractivity (Wildman–Crippen MR) is 277 cm³/mol. The minimum atomic E-state index is -1.08. The van der Waals surface area contributed by atoms with Crippen LogP contribution in [0.3, 0.4) is 0 Å². The molecule has 0 bridgehead atoms. The summed E-state index contributed by atoms with van der Waals surface area (Å²) in [6.07, 6.45) is 3.44. The molecule has 7 amide bonds. The number of carbonyl (C=O) groups excluding carboxylic acids is 8. The number of amides is 7. The van der Waals surface area contributed by atoms with E-state index in [0.29, 0.717) is 78.3 Å². The van der Waals surface area contributed by atoms with Crippen LogP contribution < -0.4 is 25.6 Å². The Hall–Kier alpha value is -7.57. The van der Waals surface area contributed by atoms with Crippen LogP contribution in [0.5, 0.6) is 5.75 Å². The molecule has 0 unspecified atom stereocenters. The zero-order chi connectivity index (χ0) is 52.0. The van der Waals surface area contributed by atoms with Gasteiger partial charge in [0.05, 0.1) is 5.69 Å². The standard InChI is InChI=1S/C54H59ClN8O10/c1-54(2,3)73-48(67)22-19-41(59-45(64)12-6-5-9-23-62-46(65)20-21-47(62)66)51(69)56-36-15-13-33(14-16-36)50(68)57-37-17-18-40-34(28-37)29-42(58-40)52(70)63-32-35(31-55)49-39-11-8-7-10-38(39)44(30-43(49)63)72-53(71)61-26-24-60(4)25-27-61/h7-8,10-11,13-18,20-21,28-30,35,41,58H,5-6,9,12,19,22-27,31-32H2,1-4H3,(H,56,69)(H,57,68)(H,59,64)/t35-,41+/m1/s1. The number of esters is 1. The quantitative estimate of drug-likeness (QED) is 0.0313. The van der Waals surface area contributed by atoms with Gasteiger partial charge in [0.15, 0.2) is 0 Å². The molecule has 0 radical (unpaired) electrons. The Balaban J connectivity index is 0.896. The zero-order valence-electron chi connectivity index (χ0n) is 41.3. The first-order valence-electron chi connectivity index (χ1n) is 24.4. The molecule has 19 heteroatoms. The van der Waals surface area contributed by atoms with Crippen LogP contribution in [0.1, 0.15) is 91.6 Å². The number of piperazine rings is 1. The van der Waals surface area contributed by atoms with Gasteiger partial charge in [0, 0.05) is 115 Å². The second-order valence-electron chi connectivity index (χ2n) is 19.5. The summed E-state index contributed by atoms with van der Waals surface area (Å²) >= 11 is 6.55. The first-order valence-corrected chi connectivity index (χ1v) is 25.0. The monoisotopic (exact) mass is 1010 g/mol. The number of fused-ring (bicyclic) bond motifs is 4. The highest BCUT2D eigenvalue weighted by Gasteiger charge is 2.36. The predicted octanol–water partition coefficient (Wildman–Crippen LogP) is 7.33. The lowest BCUT2D eigenvalue weighted by Gasteiger charge is -2.31. The van der Waals surface area contributed by atoms with E-state index in [1.54, 1.807) is 73.0 Å². The minimum absolute atomic E-state index is 0.0323. The van der Waals surface area contributed by atoms with Crippen molar-refractivity contribution in [2.24, 2.45) is 0 Å². The number of likely N-dealkylation sites (N-methyl/N-ethyl adjacent to an activating group) is 1. The lowest BCUT2D eigenvalue weighted by molar-refractivity contribution is -0.155. The molecule has 0 aliphatic carbocycles. The van der Waals surface area contributed by atoms with Gasteiger partial charge in [-0.1, -0.05) is 30.7 Å². The molecule has 18 nitrogen and oxygen atoms in total. The molecule has 4 N–H and O–H groups in total. The summed E-state index contributed by atoms with van der Waals surface area (Å²) in [4.78, 5) is 114. The van der Waals surface area contributed by atoms with Gasteiger partial charge in [-0.25, -0.2) is 4.79 Å². The third-order valence-electron chi connectivity index (χ3n) is 12.9. The lowest BCUT2D eigenvalue weighted by Crippen LogP contribution is -2.48. The Morgan fingerprint density at radius 1 is 0.808 bits per heavy atom. The van der Waals surface area contributed by atoms with E-state index in [-0.39, 0.29) is 60.9 Å². The summed E-state index contributed by atoms with van der Waals surface area (Å²) in [7, 11) is 2.01. The molecular weight excluding hydrogens is 956 g/mol. The number of hydrogen-bond donors (Lipinski definition) is 4. The van der Waals surface area contributed by atoms with Crippen molar-refractivity contribution < 1.29 is 47.8 Å². The summed E-state index contributed by atoms with van der Waals surface area (Å²) in [6.45, 7) is 8.33. The number of aromatic amines is 1. The number of halogens is 1. The highest BCUT2D eigenvalue weighted by molar-refractivity contribution is 6.19. The van der Waals surface area contributed by atoms with Crippen molar-refractivity contribution in [3.05, 3.63) is 108 Å². The second kappa shape index (κ2) is 22.5. The maximum absolute atomic E-state index is 14.4. The Labute approximate surface area is 427 Å². The molecule has 0 saturated carbocycles. The fraction of sp³-hybridized carbons (Fsp3) is 0.370. The average Bonchev–Trinajstić information content (AvgIpc) is 4.06. The molecule has 8 rings (SSSR count). The van der Waals surface area contributed by atoms with Crippen LogP contribution in [-0.2, 0) is 28.7 Å². The second-order valence-corrected chi connectivity index (χ2v) is 19.8. The SMILES string of the molecule is CN1CCN(C(=O)Oc2cc3c(c4ccccc24)[C@H](CCl)CN3C(=O)c2cc3cc(NC(=O)c4ccc(NC(=O)[C@H](CCC(=O)OC(C)(C)C)NC(=O)CCCCCN5C(=O)C=CC5=O)cc4)ccc3[nH]2)CC1. The number of H-pyrrole nitrogens is 1. The molecule has 1 saturated heterocycles. The number of benzene rings is 4. The Morgan fingerprint density at radius 3 is 2.21 bits per heavy atom. The minimum Gasteiger partial charge on any atom is -0.460 e. The maximum Gasteiger partial charge on any atom is 0.415 e. The molecule has 1 aromatic heterocycles. The van der Waals surface area contributed by atoms with Crippen molar-refractivity contribution >= 4 is 97.8 Å². The largest absolute Gasteiger partial charge is 0.460 e. The number of imide groups is 1. The van der Waals surface area contributed by atoms with Gasteiger partial charge in [0.25, 0.3) is 23.6 Å². The molecule has 3 aliphatic heterocycles. The van der Waals surface area contributed by atoms with Crippen molar-refractivity contribution in [2.45, 2.75) is 76.9 Å². The van der Waals surface area contributed by atoms with E-state index in [1.165, 1.54) is 24.3 Å². The van der Waals surface area contributed by atoms with Gasteiger partial charge in [-0.3, -0.25) is 38.5 Å². The number of aromatic nitrogens is 1. The van der Waals surface area contributed by atoms with Crippen LogP contribution in [0.25, 0.3) is 21.7 Å². The molecule has 4 heterocycles. The van der Waals surface area contributed by atoms with Gasteiger partial charge in [0.1, 0.15) is 23.1 Å². The van der Waals surface area contributed by atoms with Crippen LogP contribution in [0.2, 0.25) is 0 Å². The number of hydrogen-bond acceptors (Lipinski definition) is 11. The summed E-state index contributed by atoms with van der Waals surface area (Å²) in [5.74, 6) is -2.51. The summed E-state index contributed by atoms with van der Waals surface area (Å²) in [5.41, 5.74) is 2.87. The van der Waals surface area contributed by atoms with Crippen molar-refractivity contribution in [3.63, 3.8) is 0 Å². The molecule has 3 aliphatic rings. The topological polar surface area (TPSA) is 220 Å². The van der Waals surface area contributed by atoms with E-state index in [0.717, 1.165) is 34.3 Å². The number of alkyl halides is 1. The van der Waals surface area contributed by atoms with Crippen LogP contribution >= 0.6 is 11.6 Å². The van der Waals surface area contributed by atoms with Crippen LogP contribution in [0.4, 0.5) is 21.9 Å². The van der Waals surface area contributed by atoms with Crippen LogP contribution in [0.15, 0.2) is 91.0 Å². The molecule has 73 heavy (non-hydrogen) atoms. The van der Waals surface area contributed by atoms with Gasteiger partial charge >= 0.3 is 12.1 Å². The molecule has 382 valence electrons. The molecule has 1 fully saturated rings. The lowest BCUT2D eigenvalue weighted by atomic mass is 9.95. The van der Waals surface area contributed by atoms with Crippen molar-refractivity contribution in [2.75, 3.05) is 67.7 Å². The van der Waals surface area contributed by atoms with Gasteiger partial charge < -0.3 is 45.1 Å². The average molecular weight is 1020 g/mol. The molecule has 4 aromatic carbocycles. The number of nitrogens with one attached hydrogen (secondary N) is 4. The van der Waals surface area contributed by atoms with Crippen LogP contribution in [0, 0.1) is 0 Å². The third-order valence-corrected chi connectivity index (χ3v) is 13.3. The number of unbranched alkanes of at least 4 members (excludes halogenated alkanes) is 2. The molecule has 0 spiro atoms. The third kappa shape index (κ3) is 12.6. The van der Waals surface area contributed by atoms with Crippen LogP contribution in [-0.4, -0.2) is 131 Å². The van der Waals surface area contributed by atoms with Gasteiger partial charge in [-0.15, -0.1) is 11.6 Å². The smallest absolute Gasteiger partial charge is 0.415 e. The Kier molecular flexibility index (Phi) is 15.9. The number of rotatable bonds is 17. The van der Waals surface area contributed by atoms with Gasteiger partial charge in [-0.05, 0) is 107 Å².